The zero-order valence-corrected chi connectivity index (χ0v) is 12.6. The van der Waals surface area contributed by atoms with Gasteiger partial charge >= 0.3 is 0 Å². The van der Waals surface area contributed by atoms with Gasteiger partial charge in [-0.3, -0.25) is 4.79 Å². The third-order valence-corrected chi connectivity index (χ3v) is 3.77. The van der Waals surface area contributed by atoms with E-state index in [-0.39, 0.29) is 30.5 Å². The smallest absolute Gasteiger partial charge is 0.239 e. The summed E-state index contributed by atoms with van der Waals surface area (Å²) < 4.78 is 4.92. The molecule has 1 aliphatic carbocycles. The molecule has 1 unspecified atom stereocenters. The molecule has 0 saturated heterocycles. The lowest BCUT2D eigenvalue weighted by Gasteiger charge is -2.43. The standard InChI is InChI=1S/C15H22N2O2.ClH/c1-19-11-13(16)14(18)17-15(8-5-9-15)10-12-6-3-2-4-7-12;/h2-4,6-7,13H,5,8-11,16H2,1H3,(H,17,18);1H. The van der Waals surface area contributed by atoms with Crippen molar-refractivity contribution >= 4 is 18.3 Å². The van der Waals surface area contributed by atoms with Crippen LogP contribution in [0.4, 0.5) is 0 Å². The summed E-state index contributed by atoms with van der Waals surface area (Å²) >= 11 is 0. The number of nitrogens with one attached hydrogen (secondary N) is 1. The Morgan fingerprint density at radius 2 is 2.05 bits per heavy atom. The highest BCUT2D eigenvalue weighted by Gasteiger charge is 2.39. The molecule has 1 atom stereocenters. The molecule has 20 heavy (non-hydrogen) atoms. The van der Waals surface area contributed by atoms with Gasteiger partial charge in [0.15, 0.2) is 0 Å². The van der Waals surface area contributed by atoms with Gasteiger partial charge in [0.25, 0.3) is 0 Å². The first-order valence-electron chi connectivity index (χ1n) is 6.76. The van der Waals surface area contributed by atoms with Gasteiger partial charge in [0.1, 0.15) is 6.04 Å². The summed E-state index contributed by atoms with van der Waals surface area (Å²) in [5.74, 6) is -0.113. The van der Waals surface area contributed by atoms with Crippen molar-refractivity contribution < 1.29 is 9.53 Å². The summed E-state index contributed by atoms with van der Waals surface area (Å²) in [5, 5.41) is 3.12. The summed E-state index contributed by atoms with van der Waals surface area (Å²) in [7, 11) is 1.55. The van der Waals surface area contributed by atoms with E-state index in [1.54, 1.807) is 7.11 Å². The molecule has 0 aliphatic heterocycles. The first-order chi connectivity index (χ1) is 9.15. The van der Waals surface area contributed by atoms with Crippen molar-refractivity contribution in [3.8, 4) is 0 Å². The Balaban J connectivity index is 0.00000200. The first kappa shape index (κ1) is 17.0. The maximum atomic E-state index is 12.0. The Hall–Kier alpha value is -1.10. The highest BCUT2D eigenvalue weighted by atomic mass is 35.5. The van der Waals surface area contributed by atoms with Crippen LogP contribution < -0.4 is 11.1 Å². The molecule has 0 radical (unpaired) electrons. The quantitative estimate of drug-likeness (QED) is 0.839. The fraction of sp³-hybridized carbons (Fsp3) is 0.533. The van der Waals surface area contributed by atoms with E-state index in [0.717, 1.165) is 25.7 Å². The number of methoxy groups -OCH3 is 1. The Bertz CT molecular complexity index is 421. The van der Waals surface area contributed by atoms with Crippen LogP contribution in [0.3, 0.4) is 0 Å². The zero-order chi connectivity index (χ0) is 13.7. The van der Waals surface area contributed by atoms with Crippen LogP contribution in [0.1, 0.15) is 24.8 Å². The summed E-state index contributed by atoms with van der Waals surface area (Å²) in [4.78, 5) is 12.0. The van der Waals surface area contributed by atoms with Gasteiger partial charge in [0, 0.05) is 12.6 Å². The SMILES string of the molecule is COCC(N)C(=O)NC1(Cc2ccccc2)CCC1.Cl. The molecule has 3 N–H and O–H groups in total. The fourth-order valence-electron chi connectivity index (χ4n) is 2.55. The molecule has 1 amide bonds. The van der Waals surface area contributed by atoms with Crippen LogP contribution in [0.2, 0.25) is 0 Å². The van der Waals surface area contributed by atoms with E-state index in [4.69, 9.17) is 10.5 Å². The monoisotopic (exact) mass is 298 g/mol. The van der Waals surface area contributed by atoms with Crippen molar-refractivity contribution in [1.82, 2.24) is 5.32 Å². The van der Waals surface area contributed by atoms with Gasteiger partial charge < -0.3 is 15.8 Å². The average molecular weight is 299 g/mol. The van der Waals surface area contributed by atoms with Crippen molar-refractivity contribution in [2.75, 3.05) is 13.7 Å². The Morgan fingerprint density at radius 3 is 2.55 bits per heavy atom. The van der Waals surface area contributed by atoms with Crippen LogP contribution in [0.25, 0.3) is 0 Å². The minimum atomic E-state index is -0.585. The number of hydrogen-bond donors (Lipinski definition) is 2. The third-order valence-electron chi connectivity index (χ3n) is 3.77. The molecule has 1 saturated carbocycles. The van der Waals surface area contributed by atoms with Crippen molar-refractivity contribution in [3.05, 3.63) is 35.9 Å². The van der Waals surface area contributed by atoms with Gasteiger partial charge in [0.05, 0.1) is 6.61 Å². The van der Waals surface area contributed by atoms with E-state index >= 15 is 0 Å². The van der Waals surface area contributed by atoms with Crippen molar-refractivity contribution in [1.29, 1.82) is 0 Å². The molecule has 1 fully saturated rings. The van der Waals surface area contributed by atoms with Crippen LogP contribution in [0.5, 0.6) is 0 Å². The number of ether oxygens (including phenoxy) is 1. The molecule has 1 aliphatic rings. The van der Waals surface area contributed by atoms with E-state index < -0.39 is 6.04 Å². The summed E-state index contributed by atoms with van der Waals surface area (Å²) in [6, 6.07) is 9.67. The zero-order valence-electron chi connectivity index (χ0n) is 11.8. The second kappa shape index (κ2) is 7.62. The first-order valence-corrected chi connectivity index (χ1v) is 6.76. The van der Waals surface area contributed by atoms with Crippen LogP contribution in [0, 0.1) is 0 Å². The number of carbonyl (C=O) groups excluding carboxylic acids is 1. The second-order valence-electron chi connectivity index (χ2n) is 5.35. The minimum Gasteiger partial charge on any atom is -0.383 e. The molecule has 0 bridgehead atoms. The Morgan fingerprint density at radius 1 is 1.40 bits per heavy atom. The summed E-state index contributed by atoms with van der Waals surface area (Å²) in [6.45, 7) is 0.257. The predicted octanol–water partition coefficient (Wildman–Crippen LogP) is 1.66. The van der Waals surface area contributed by atoms with E-state index in [9.17, 15) is 4.79 Å². The second-order valence-corrected chi connectivity index (χ2v) is 5.35. The highest BCUT2D eigenvalue weighted by molar-refractivity contribution is 5.85. The lowest BCUT2D eigenvalue weighted by molar-refractivity contribution is -0.126. The molecule has 2 rings (SSSR count). The number of hydrogen-bond acceptors (Lipinski definition) is 3. The van der Waals surface area contributed by atoms with Gasteiger partial charge in [0.2, 0.25) is 5.91 Å². The molecule has 112 valence electrons. The van der Waals surface area contributed by atoms with Crippen LogP contribution in [-0.2, 0) is 16.0 Å². The third kappa shape index (κ3) is 4.20. The number of halogens is 1. The van der Waals surface area contributed by atoms with Crippen molar-refractivity contribution in [3.63, 3.8) is 0 Å². The van der Waals surface area contributed by atoms with E-state index in [1.165, 1.54) is 5.56 Å². The lowest BCUT2D eigenvalue weighted by atomic mass is 9.72. The Kier molecular flexibility index (Phi) is 6.46. The molecule has 4 nitrogen and oxygen atoms in total. The maximum Gasteiger partial charge on any atom is 0.239 e. The van der Waals surface area contributed by atoms with Crippen molar-refractivity contribution in [2.45, 2.75) is 37.3 Å². The molecule has 1 aromatic rings. The van der Waals surface area contributed by atoms with Gasteiger partial charge in [-0.25, -0.2) is 0 Å². The molecule has 5 heteroatoms. The minimum absolute atomic E-state index is 0. The van der Waals surface area contributed by atoms with Crippen molar-refractivity contribution in [2.24, 2.45) is 5.73 Å². The topological polar surface area (TPSA) is 64.3 Å². The normalized spacial score (nSPS) is 17.5. The predicted molar refractivity (Wildman–Crippen MR) is 82.0 cm³/mol. The largest absolute Gasteiger partial charge is 0.383 e. The molecule has 0 spiro atoms. The maximum absolute atomic E-state index is 12.0. The number of benzene rings is 1. The van der Waals surface area contributed by atoms with Gasteiger partial charge in [-0.05, 0) is 31.2 Å². The van der Waals surface area contributed by atoms with E-state index in [2.05, 4.69) is 17.4 Å². The van der Waals surface area contributed by atoms with Crippen LogP contribution >= 0.6 is 12.4 Å². The number of carbonyl (C=O) groups is 1. The average Bonchev–Trinajstić information content (AvgIpc) is 2.37. The molecular weight excluding hydrogens is 276 g/mol. The number of amides is 1. The molecular formula is C15H23ClN2O2. The Labute approximate surface area is 126 Å². The number of rotatable bonds is 6. The lowest BCUT2D eigenvalue weighted by Crippen LogP contribution is -2.59. The summed E-state index contributed by atoms with van der Waals surface area (Å²) in [5.41, 5.74) is 6.92. The van der Waals surface area contributed by atoms with E-state index in [0.29, 0.717) is 0 Å². The van der Waals surface area contributed by atoms with Crippen LogP contribution in [-0.4, -0.2) is 31.2 Å². The highest BCUT2D eigenvalue weighted by Crippen LogP contribution is 2.35. The summed E-state index contributed by atoms with van der Waals surface area (Å²) in [6.07, 6.45) is 4.08. The fourth-order valence-corrected chi connectivity index (χ4v) is 2.55. The van der Waals surface area contributed by atoms with Gasteiger partial charge in [-0.2, -0.15) is 0 Å². The van der Waals surface area contributed by atoms with Gasteiger partial charge in [-0.15, -0.1) is 12.4 Å². The van der Waals surface area contributed by atoms with Gasteiger partial charge in [-0.1, -0.05) is 30.3 Å². The van der Waals surface area contributed by atoms with Crippen LogP contribution in [0.15, 0.2) is 30.3 Å². The number of nitrogens with two attached hydrogens (primary N) is 1. The molecule has 1 aromatic carbocycles. The molecule has 0 heterocycles. The van der Waals surface area contributed by atoms with E-state index in [1.807, 2.05) is 18.2 Å². The molecule has 0 aromatic heterocycles.